The molecular formula is C21H38O2. The number of Topliss-reactive ketones (excluding diaryl/α,β-unsaturated/α-hetero) is 1. The van der Waals surface area contributed by atoms with E-state index in [0.717, 1.165) is 31.6 Å². The van der Waals surface area contributed by atoms with Gasteiger partial charge in [0.25, 0.3) is 0 Å². The standard InChI is InChI=1S/C14H22O.C6H12O.CH4/c1-4-6-11-15-14-12(3)9-7-10-13(14)8-5-2;1-5(2)4-6(3)7;/h7,9-10H,4-6,8,11H2,1-3H3;5H,4H2,1-3H3;1H4. The smallest absolute Gasteiger partial charge is 0.130 e. The molecule has 0 bridgehead atoms. The normalized spacial score (nSPS) is 9.70. The largest absolute Gasteiger partial charge is 0.493 e. The summed E-state index contributed by atoms with van der Waals surface area (Å²) in [6.45, 7) is 13.1. The van der Waals surface area contributed by atoms with Gasteiger partial charge >= 0.3 is 0 Å². The van der Waals surface area contributed by atoms with Crippen LogP contribution in [0.1, 0.15) is 78.9 Å². The molecular weight excluding hydrogens is 284 g/mol. The first-order valence-corrected chi connectivity index (χ1v) is 8.63. The fourth-order valence-corrected chi connectivity index (χ4v) is 2.28. The van der Waals surface area contributed by atoms with Gasteiger partial charge in [0.05, 0.1) is 6.61 Å². The number of hydrogen-bond acceptors (Lipinski definition) is 2. The van der Waals surface area contributed by atoms with Crippen LogP contribution in [0.25, 0.3) is 0 Å². The fraction of sp³-hybridized carbons (Fsp3) is 0.667. The van der Waals surface area contributed by atoms with Crippen LogP contribution in [-0.2, 0) is 11.2 Å². The Hall–Kier alpha value is -1.31. The Morgan fingerprint density at radius 2 is 1.83 bits per heavy atom. The number of unbranched alkanes of at least 4 members (excludes halogenated alkanes) is 1. The molecule has 1 aromatic carbocycles. The van der Waals surface area contributed by atoms with E-state index >= 15 is 0 Å². The van der Waals surface area contributed by atoms with Crippen LogP contribution in [0.2, 0.25) is 0 Å². The molecule has 0 aliphatic carbocycles. The monoisotopic (exact) mass is 322 g/mol. The Morgan fingerprint density at radius 1 is 1.17 bits per heavy atom. The Kier molecular flexibility index (Phi) is 14.9. The topological polar surface area (TPSA) is 26.3 Å². The summed E-state index contributed by atoms with van der Waals surface area (Å²) in [6.07, 6.45) is 5.34. The molecule has 0 saturated carbocycles. The molecule has 0 aliphatic heterocycles. The van der Waals surface area contributed by atoms with Crippen molar-refractivity contribution in [3.63, 3.8) is 0 Å². The molecule has 134 valence electrons. The van der Waals surface area contributed by atoms with E-state index in [1.54, 1.807) is 6.92 Å². The maximum atomic E-state index is 10.3. The third kappa shape index (κ3) is 11.9. The zero-order valence-electron chi connectivity index (χ0n) is 15.4. The van der Waals surface area contributed by atoms with E-state index in [2.05, 4.69) is 39.0 Å². The zero-order chi connectivity index (χ0) is 17.0. The lowest BCUT2D eigenvalue weighted by Crippen LogP contribution is -2.01. The molecule has 0 saturated heterocycles. The van der Waals surface area contributed by atoms with E-state index in [-0.39, 0.29) is 13.2 Å². The third-order valence-corrected chi connectivity index (χ3v) is 3.25. The summed E-state index contributed by atoms with van der Waals surface area (Å²) in [5, 5.41) is 0. The minimum Gasteiger partial charge on any atom is -0.493 e. The molecule has 0 fully saturated rings. The van der Waals surface area contributed by atoms with E-state index in [0.29, 0.717) is 5.92 Å². The molecule has 1 aromatic rings. The van der Waals surface area contributed by atoms with Crippen LogP contribution >= 0.6 is 0 Å². The molecule has 2 heteroatoms. The van der Waals surface area contributed by atoms with Crippen LogP contribution in [0.5, 0.6) is 5.75 Å². The summed E-state index contributed by atoms with van der Waals surface area (Å²) in [5.41, 5.74) is 2.62. The van der Waals surface area contributed by atoms with Crippen molar-refractivity contribution in [1.29, 1.82) is 0 Å². The number of rotatable bonds is 8. The number of hydrogen-bond donors (Lipinski definition) is 0. The Bertz CT molecular complexity index is 422. The molecule has 0 N–H and O–H groups in total. The summed E-state index contributed by atoms with van der Waals surface area (Å²) in [5.74, 6) is 1.93. The third-order valence-electron chi connectivity index (χ3n) is 3.25. The van der Waals surface area contributed by atoms with E-state index in [9.17, 15) is 4.79 Å². The lowest BCUT2D eigenvalue weighted by molar-refractivity contribution is -0.117. The number of carbonyl (C=O) groups excluding carboxylic acids is 1. The Labute approximate surface area is 144 Å². The van der Waals surface area contributed by atoms with Gasteiger partial charge in [0.15, 0.2) is 0 Å². The van der Waals surface area contributed by atoms with Gasteiger partial charge in [0.1, 0.15) is 11.5 Å². The van der Waals surface area contributed by atoms with Crippen molar-refractivity contribution < 1.29 is 9.53 Å². The van der Waals surface area contributed by atoms with E-state index < -0.39 is 0 Å². The predicted molar refractivity (Wildman–Crippen MR) is 102 cm³/mol. The maximum Gasteiger partial charge on any atom is 0.130 e. The second kappa shape index (κ2) is 14.3. The summed E-state index contributed by atoms with van der Waals surface area (Å²) >= 11 is 0. The van der Waals surface area contributed by atoms with Gasteiger partial charge in [-0.2, -0.15) is 0 Å². The van der Waals surface area contributed by atoms with Crippen LogP contribution in [0.15, 0.2) is 18.2 Å². The average Bonchev–Trinajstić information content (AvgIpc) is 2.41. The van der Waals surface area contributed by atoms with Gasteiger partial charge in [0.2, 0.25) is 0 Å². The molecule has 0 radical (unpaired) electrons. The minimum atomic E-state index is 0. The number of benzene rings is 1. The molecule has 1 rings (SSSR count). The van der Waals surface area contributed by atoms with Crippen molar-refractivity contribution in [3.8, 4) is 5.75 Å². The first-order chi connectivity index (χ1) is 10.4. The zero-order valence-corrected chi connectivity index (χ0v) is 15.4. The molecule has 0 unspecified atom stereocenters. The lowest BCUT2D eigenvalue weighted by atomic mass is 10.1. The minimum absolute atomic E-state index is 0. The lowest BCUT2D eigenvalue weighted by Gasteiger charge is -2.13. The molecule has 0 aliphatic rings. The SMILES string of the molecule is C.CC(=O)CC(C)C.CCCCOc1c(C)cccc1CCC. The highest BCUT2D eigenvalue weighted by atomic mass is 16.5. The molecule has 23 heavy (non-hydrogen) atoms. The molecule has 0 spiro atoms. The Balaban J connectivity index is 0. The fourth-order valence-electron chi connectivity index (χ4n) is 2.28. The average molecular weight is 323 g/mol. The van der Waals surface area contributed by atoms with Crippen molar-refractivity contribution in [2.24, 2.45) is 5.92 Å². The quantitative estimate of drug-likeness (QED) is 0.519. The number of ether oxygens (including phenoxy) is 1. The molecule has 0 amide bonds. The van der Waals surface area contributed by atoms with Gasteiger partial charge in [-0.15, -0.1) is 0 Å². The van der Waals surface area contributed by atoms with Gasteiger partial charge in [-0.3, -0.25) is 0 Å². The molecule has 2 nitrogen and oxygen atoms in total. The Morgan fingerprint density at radius 3 is 2.26 bits per heavy atom. The summed E-state index contributed by atoms with van der Waals surface area (Å²) in [7, 11) is 0. The van der Waals surface area contributed by atoms with E-state index in [1.807, 2.05) is 13.8 Å². The summed E-state index contributed by atoms with van der Waals surface area (Å²) in [4.78, 5) is 10.3. The number of para-hydroxylation sites is 1. The van der Waals surface area contributed by atoms with Crippen molar-refractivity contribution in [3.05, 3.63) is 29.3 Å². The molecule has 0 heterocycles. The van der Waals surface area contributed by atoms with Crippen molar-refractivity contribution >= 4 is 5.78 Å². The number of aryl methyl sites for hydroxylation is 2. The first kappa shape index (κ1) is 23.9. The molecule has 0 atom stereocenters. The van der Waals surface area contributed by atoms with Crippen molar-refractivity contribution in [1.82, 2.24) is 0 Å². The molecule has 0 aromatic heterocycles. The summed E-state index contributed by atoms with van der Waals surface area (Å²) in [6, 6.07) is 6.42. The van der Waals surface area contributed by atoms with E-state index in [4.69, 9.17) is 4.74 Å². The van der Waals surface area contributed by atoms with Crippen LogP contribution in [0, 0.1) is 12.8 Å². The van der Waals surface area contributed by atoms with Gasteiger partial charge in [-0.05, 0) is 43.7 Å². The van der Waals surface area contributed by atoms with Crippen LogP contribution < -0.4 is 4.74 Å². The predicted octanol–water partition coefficient (Wildman–Crippen LogP) is 6.38. The highest BCUT2D eigenvalue weighted by molar-refractivity contribution is 5.75. The van der Waals surface area contributed by atoms with Gasteiger partial charge in [0, 0.05) is 6.42 Å². The van der Waals surface area contributed by atoms with Crippen LogP contribution in [0.4, 0.5) is 0 Å². The van der Waals surface area contributed by atoms with Crippen LogP contribution in [-0.4, -0.2) is 12.4 Å². The van der Waals surface area contributed by atoms with Gasteiger partial charge < -0.3 is 9.53 Å². The van der Waals surface area contributed by atoms with Crippen molar-refractivity contribution in [2.45, 2.75) is 81.1 Å². The van der Waals surface area contributed by atoms with Gasteiger partial charge in [-0.25, -0.2) is 0 Å². The van der Waals surface area contributed by atoms with E-state index in [1.165, 1.54) is 24.0 Å². The first-order valence-electron chi connectivity index (χ1n) is 8.63. The maximum absolute atomic E-state index is 10.3. The van der Waals surface area contributed by atoms with Crippen LogP contribution in [0.3, 0.4) is 0 Å². The number of ketones is 1. The van der Waals surface area contributed by atoms with Crippen molar-refractivity contribution in [2.75, 3.05) is 6.61 Å². The summed E-state index contributed by atoms with van der Waals surface area (Å²) < 4.78 is 5.86. The number of carbonyl (C=O) groups is 1. The second-order valence-corrected chi connectivity index (χ2v) is 6.32. The van der Waals surface area contributed by atoms with Gasteiger partial charge in [-0.1, -0.05) is 66.2 Å². The highest BCUT2D eigenvalue weighted by Crippen LogP contribution is 2.24. The second-order valence-electron chi connectivity index (χ2n) is 6.32. The highest BCUT2D eigenvalue weighted by Gasteiger charge is 2.05.